The Bertz CT molecular complexity index is 864. The third kappa shape index (κ3) is 3.67. The van der Waals surface area contributed by atoms with Crippen LogP contribution in [0.25, 0.3) is 5.69 Å². The highest BCUT2D eigenvalue weighted by Crippen LogP contribution is 2.22. The lowest BCUT2D eigenvalue weighted by molar-refractivity contribution is 0.965. The first-order chi connectivity index (χ1) is 11.0. The molecule has 0 N–H and O–H groups in total. The van der Waals surface area contributed by atoms with Crippen molar-refractivity contribution >= 4 is 46.1 Å². The monoisotopic (exact) mass is 434 g/mol. The van der Waals surface area contributed by atoms with E-state index in [1.54, 1.807) is 0 Å². The summed E-state index contributed by atoms with van der Waals surface area (Å²) in [5, 5.41) is 0.747. The zero-order valence-corrected chi connectivity index (χ0v) is 15.8. The van der Waals surface area contributed by atoms with Crippen LogP contribution in [0.1, 0.15) is 17.0 Å². The van der Waals surface area contributed by atoms with Crippen LogP contribution in [-0.4, -0.2) is 10.8 Å². The van der Waals surface area contributed by atoms with E-state index in [0.717, 1.165) is 22.0 Å². The zero-order valence-electron chi connectivity index (χ0n) is 12.9. The van der Waals surface area contributed by atoms with Gasteiger partial charge in [0.25, 0.3) is 0 Å². The van der Waals surface area contributed by atoms with E-state index in [4.69, 9.17) is 11.6 Å². The second-order valence-electron chi connectivity index (χ2n) is 5.38. The van der Waals surface area contributed by atoms with Crippen LogP contribution in [0.4, 0.5) is 5.69 Å². The number of nitrogens with zero attached hydrogens (tertiary/aromatic N) is 2. The van der Waals surface area contributed by atoms with E-state index in [1.165, 1.54) is 15.0 Å². The average Bonchev–Trinajstić information content (AvgIpc) is 2.81. The van der Waals surface area contributed by atoms with E-state index >= 15 is 0 Å². The molecule has 23 heavy (non-hydrogen) atoms. The van der Waals surface area contributed by atoms with E-state index in [2.05, 4.69) is 64.2 Å². The Morgan fingerprint density at radius 2 is 1.78 bits per heavy atom. The predicted octanol–water partition coefficient (Wildman–Crippen LogP) is 6.10. The van der Waals surface area contributed by atoms with Crippen LogP contribution in [-0.2, 0) is 0 Å². The summed E-state index contributed by atoms with van der Waals surface area (Å²) in [6, 6.07) is 18.2. The smallest absolute Gasteiger partial charge is 0.0640 e. The molecule has 0 saturated carbocycles. The number of benzene rings is 2. The van der Waals surface area contributed by atoms with Gasteiger partial charge in [-0.2, -0.15) is 0 Å². The van der Waals surface area contributed by atoms with Crippen molar-refractivity contribution in [3.8, 4) is 5.69 Å². The summed E-state index contributed by atoms with van der Waals surface area (Å²) in [4.78, 5) is 4.60. The van der Waals surface area contributed by atoms with Gasteiger partial charge in [-0.15, -0.1) is 0 Å². The molecule has 0 aliphatic heterocycles. The maximum absolute atomic E-state index is 5.98. The highest BCUT2D eigenvalue weighted by atomic mass is 127. The molecule has 0 atom stereocenters. The van der Waals surface area contributed by atoms with Crippen LogP contribution in [0.3, 0.4) is 0 Å². The molecule has 0 bridgehead atoms. The summed E-state index contributed by atoms with van der Waals surface area (Å²) in [5.41, 5.74) is 5.54. The lowest BCUT2D eigenvalue weighted by atomic mass is 10.2. The Labute approximate surface area is 155 Å². The minimum atomic E-state index is 0.747. The number of aromatic nitrogens is 1. The zero-order chi connectivity index (χ0) is 16.4. The van der Waals surface area contributed by atoms with Gasteiger partial charge in [0.1, 0.15) is 0 Å². The molecule has 0 fully saturated rings. The van der Waals surface area contributed by atoms with Crippen molar-refractivity contribution in [2.75, 3.05) is 0 Å². The van der Waals surface area contributed by atoms with Crippen LogP contribution < -0.4 is 0 Å². The molecule has 0 aliphatic carbocycles. The molecule has 0 amide bonds. The highest BCUT2D eigenvalue weighted by molar-refractivity contribution is 14.1. The number of aryl methyl sites for hydroxylation is 1. The van der Waals surface area contributed by atoms with Crippen LogP contribution >= 0.6 is 34.2 Å². The fourth-order valence-electron chi connectivity index (χ4n) is 2.61. The fourth-order valence-corrected chi connectivity index (χ4v) is 3.26. The number of aliphatic imine (C=N–C) groups is 1. The van der Waals surface area contributed by atoms with Crippen molar-refractivity contribution in [1.29, 1.82) is 0 Å². The van der Waals surface area contributed by atoms with Crippen LogP contribution in [0.2, 0.25) is 5.02 Å². The van der Waals surface area contributed by atoms with Gasteiger partial charge >= 0.3 is 0 Å². The topological polar surface area (TPSA) is 17.3 Å². The van der Waals surface area contributed by atoms with E-state index < -0.39 is 0 Å². The molecule has 0 aliphatic rings. The SMILES string of the molecule is Cc1cc(C=Nc2cccc(I)c2)c(C)n1-c1ccc(Cl)cc1. The van der Waals surface area contributed by atoms with Gasteiger partial charge in [-0.3, -0.25) is 4.99 Å². The van der Waals surface area contributed by atoms with Crippen molar-refractivity contribution in [1.82, 2.24) is 4.57 Å². The van der Waals surface area contributed by atoms with Gasteiger partial charge in [0, 0.05) is 37.4 Å². The first-order valence-corrected chi connectivity index (χ1v) is 8.75. The fraction of sp³-hybridized carbons (Fsp3) is 0.105. The molecule has 2 nitrogen and oxygen atoms in total. The first-order valence-electron chi connectivity index (χ1n) is 7.29. The predicted molar refractivity (Wildman–Crippen MR) is 107 cm³/mol. The van der Waals surface area contributed by atoms with Crippen molar-refractivity contribution in [2.45, 2.75) is 13.8 Å². The molecule has 0 radical (unpaired) electrons. The van der Waals surface area contributed by atoms with Crippen LogP contribution in [0.15, 0.2) is 59.6 Å². The molecule has 0 unspecified atom stereocenters. The van der Waals surface area contributed by atoms with Gasteiger partial charge in [0.15, 0.2) is 0 Å². The summed E-state index contributed by atoms with van der Waals surface area (Å²) in [6.45, 7) is 4.21. The number of hydrogen-bond donors (Lipinski definition) is 0. The highest BCUT2D eigenvalue weighted by Gasteiger charge is 2.09. The Morgan fingerprint density at radius 3 is 2.48 bits per heavy atom. The van der Waals surface area contributed by atoms with Gasteiger partial charge < -0.3 is 4.57 Å². The van der Waals surface area contributed by atoms with E-state index in [9.17, 15) is 0 Å². The Hall–Kier alpha value is -1.59. The molecule has 3 aromatic rings. The summed E-state index contributed by atoms with van der Waals surface area (Å²) < 4.78 is 3.40. The largest absolute Gasteiger partial charge is 0.318 e. The Balaban J connectivity index is 1.96. The standard InChI is InChI=1S/C19H16ClIN2/c1-13-10-15(12-22-18-5-3-4-17(21)11-18)14(2)23(13)19-8-6-16(20)7-9-19/h3-12H,1-2H3. The van der Waals surface area contributed by atoms with Gasteiger partial charge in [-0.25, -0.2) is 0 Å². The minimum absolute atomic E-state index is 0.747. The molecule has 1 heterocycles. The van der Waals surface area contributed by atoms with Crippen LogP contribution in [0, 0.1) is 17.4 Å². The third-order valence-corrected chi connectivity index (χ3v) is 4.64. The number of rotatable bonds is 3. The second kappa shape index (κ2) is 6.89. The van der Waals surface area contributed by atoms with Gasteiger partial charge in [0.2, 0.25) is 0 Å². The molecule has 0 saturated heterocycles. The van der Waals surface area contributed by atoms with Crippen molar-refractivity contribution in [2.24, 2.45) is 4.99 Å². The Kier molecular flexibility index (Phi) is 4.87. The maximum atomic E-state index is 5.98. The lowest BCUT2D eigenvalue weighted by Gasteiger charge is -2.09. The quantitative estimate of drug-likeness (QED) is 0.350. The van der Waals surface area contributed by atoms with Gasteiger partial charge in [-0.05, 0) is 85.0 Å². The van der Waals surface area contributed by atoms with E-state index in [0.29, 0.717) is 0 Å². The van der Waals surface area contributed by atoms with E-state index in [-0.39, 0.29) is 0 Å². The first kappa shape index (κ1) is 16.3. The molecule has 0 spiro atoms. The lowest BCUT2D eigenvalue weighted by Crippen LogP contribution is -1.99. The normalized spacial score (nSPS) is 11.3. The average molecular weight is 435 g/mol. The molecule has 1 aromatic heterocycles. The molecule has 116 valence electrons. The second-order valence-corrected chi connectivity index (χ2v) is 7.06. The molecule has 3 rings (SSSR count). The van der Waals surface area contributed by atoms with Crippen LogP contribution in [0.5, 0.6) is 0 Å². The maximum Gasteiger partial charge on any atom is 0.0640 e. The third-order valence-electron chi connectivity index (χ3n) is 3.72. The van der Waals surface area contributed by atoms with Crippen molar-refractivity contribution in [3.63, 3.8) is 0 Å². The van der Waals surface area contributed by atoms with Gasteiger partial charge in [-0.1, -0.05) is 17.7 Å². The summed E-state index contributed by atoms with van der Waals surface area (Å²) in [6.07, 6.45) is 1.93. The number of halogens is 2. The Morgan fingerprint density at radius 1 is 1.04 bits per heavy atom. The molecule has 4 heteroatoms. The number of hydrogen-bond acceptors (Lipinski definition) is 1. The van der Waals surface area contributed by atoms with Crippen molar-refractivity contribution < 1.29 is 0 Å². The van der Waals surface area contributed by atoms with E-state index in [1.807, 2.05) is 42.6 Å². The van der Waals surface area contributed by atoms with Gasteiger partial charge in [0.05, 0.1) is 5.69 Å². The molecular formula is C19H16ClIN2. The summed E-state index contributed by atoms with van der Waals surface area (Å²) in [5.74, 6) is 0. The summed E-state index contributed by atoms with van der Waals surface area (Å²) >= 11 is 8.28. The summed E-state index contributed by atoms with van der Waals surface area (Å²) in [7, 11) is 0. The molecular weight excluding hydrogens is 419 g/mol. The van der Waals surface area contributed by atoms with Crippen molar-refractivity contribution in [3.05, 3.63) is 80.1 Å². The molecule has 2 aromatic carbocycles. The minimum Gasteiger partial charge on any atom is -0.318 e.